The Kier molecular flexibility index (Phi) is 7.14. The average Bonchev–Trinajstić information content (AvgIpc) is 3.49. The van der Waals surface area contributed by atoms with Crippen molar-refractivity contribution in [2.45, 2.75) is 82.3 Å². The third kappa shape index (κ3) is 5.25. The number of carbonyl (C=O) groups is 1. The summed E-state index contributed by atoms with van der Waals surface area (Å²) in [6, 6.07) is 14.4. The minimum absolute atomic E-state index is 0.0220. The molecule has 2 aromatic carbocycles. The lowest BCUT2D eigenvalue weighted by molar-refractivity contribution is 0.102. The summed E-state index contributed by atoms with van der Waals surface area (Å²) >= 11 is 3.23. The summed E-state index contributed by atoms with van der Waals surface area (Å²) in [7, 11) is -3.60. The quantitative estimate of drug-likeness (QED) is 0.255. The van der Waals surface area contributed by atoms with E-state index in [9.17, 15) is 13.2 Å². The third-order valence-corrected chi connectivity index (χ3v) is 12.6. The zero-order valence-corrected chi connectivity index (χ0v) is 26.5. The zero-order chi connectivity index (χ0) is 29.2. The van der Waals surface area contributed by atoms with Crippen molar-refractivity contribution in [3.8, 4) is 10.6 Å². The Bertz CT molecular complexity index is 1700. The van der Waals surface area contributed by atoms with Crippen molar-refractivity contribution in [2.75, 3.05) is 11.9 Å². The van der Waals surface area contributed by atoms with Crippen LogP contribution in [0.3, 0.4) is 0 Å². The van der Waals surface area contributed by atoms with Gasteiger partial charge in [0.1, 0.15) is 10.0 Å². The molecule has 41 heavy (non-hydrogen) atoms. The monoisotopic (exact) mass is 608 g/mol. The summed E-state index contributed by atoms with van der Waals surface area (Å²) in [5.41, 5.74) is 3.15. The van der Waals surface area contributed by atoms with Gasteiger partial charge in [0.25, 0.3) is 5.91 Å². The predicted octanol–water partition coefficient (Wildman–Crippen LogP) is 7.00. The molecule has 1 saturated heterocycles. The lowest BCUT2D eigenvalue weighted by atomic mass is 9.81. The summed E-state index contributed by atoms with van der Waals surface area (Å²) in [6.07, 6.45) is 3.59. The number of nitrogens with one attached hydrogen (secondary N) is 2. The van der Waals surface area contributed by atoms with E-state index >= 15 is 0 Å². The van der Waals surface area contributed by atoms with Crippen LogP contribution in [0.15, 0.2) is 53.4 Å². The van der Waals surface area contributed by atoms with Gasteiger partial charge in [0, 0.05) is 39.7 Å². The van der Waals surface area contributed by atoms with Crippen molar-refractivity contribution in [3.05, 3.63) is 64.5 Å². The molecule has 1 unspecified atom stereocenters. The van der Waals surface area contributed by atoms with Crippen molar-refractivity contribution in [2.24, 2.45) is 0 Å². The number of anilines is 1. The van der Waals surface area contributed by atoms with Crippen molar-refractivity contribution in [1.82, 2.24) is 14.6 Å². The maximum atomic E-state index is 13.6. The molecule has 1 atom stereocenters. The third-order valence-electron chi connectivity index (χ3n) is 8.04. The van der Waals surface area contributed by atoms with Gasteiger partial charge >= 0.3 is 0 Å². The molecule has 0 spiro atoms. The van der Waals surface area contributed by atoms with Gasteiger partial charge in [0.2, 0.25) is 10.0 Å². The Balaban J connectivity index is 1.35. The van der Waals surface area contributed by atoms with E-state index in [4.69, 9.17) is 4.98 Å². The van der Waals surface area contributed by atoms with E-state index < -0.39 is 10.0 Å². The molecule has 2 aromatic heterocycles. The summed E-state index contributed by atoms with van der Waals surface area (Å²) in [5.74, 6) is -0.272. The van der Waals surface area contributed by atoms with E-state index in [0.29, 0.717) is 12.1 Å². The van der Waals surface area contributed by atoms with Crippen LogP contribution in [0, 0.1) is 0 Å². The maximum absolute atomic E-state index is 13.6. The van der Waals surface area contributed by atoms with Gasteiger partial charge in [-0.25, -0.2) is 13.4 Å². The number of rotatable bonds is 5. The van der Waals surface area contributed by atoms with Crippen LogP contribution >= 0.6 is 22.7 Å². The zero-order valence-electron chi connectivity index (χ0n) is 24.1. The van der Waals surface area contributed by atoms with Gasteiger partial charge in [-0.1, -0.05) is 18.6 Å². The van der Waals surface area contributed by atoms with Gasteiger partial charge in [-0.2, -0.15) is 4.31 Å². The summed E-state index contributed by atoms with van der Waals surface area (Å²) < 4.78 is 29.3. The molecule has 1 amide bonds. The lowest BCUT2D eigenvalue weighted by Crippen LogP contribution is -2.54. The molecule has 1 fully saturated rings. The number of hydrogen-bond acceptors (Lipinski definition) is 7. The van der Waals surface area contributed by atoms with Crippen LogP contribution in [0.2, 0.25) is 0 Å². The summed E-state index contributed by atoms with van der Waals surface area (Å²) in [6.45, 7) is 11.3. The van der Waals surface area contributed by atoms with E-state index in [1.165, 1.54) is 10.4 Å². The van der Waals surface area contributed by atoms with Crippen LogP contribution in [0.4, 0.5) is 5.00 Å². The highest BCUT2D eigenvalue weighted by molar-refractivity contribution is 7.89. The SMILES string of the molecule is CC1CCCCN1S(=O)(=O)c1ccc(C(=O)Nc2sc3c(c2-c2nc4ccccc4s2)CC(C)(C)NC3(C)C)cc1. The molecule has 2 aliphatic heterocycles. The number of benzene rings is 2. The summed E-state index contributed by atoms with van der Waals surface area (Å²) in [5, 5.41) is 8.60. The molecule has 216 valence electrons. The molecule has 4 aromatic rings. The van der Waals surface area contributed by atoms with Gasteiger partial charge in [-0.15, -0.1) is 22.7 Å². The average molecular weight is 609 g/mol. The largest absolute Gasteiger partial charge is 0.313 e. The number of thiazole rings is 1. The first kappa shape index (κ1) is 28.5. The fraction of sp³-hybridized carbons (Fsp3) is 0.419. The van der Waals surface area contributed by atoms with Crippen LogP contribution in [-0.2, 0) is 22.0 Å². The van der Waals surface area contributed by atoms with E-state index in [1.54, 1.807) is 51.2 Å². The highest BCUT2D eigenvalue weighted by Gasteiger charge is 2.41. The first-order valence-corrected chi connectivity index (χ1v) is 17.2. The molecule has 2 aliphatic rings. The van der Waals surface area contributed by atoms with E-state index in [0.717, 1.165) is 51.5 Å². The predicted molar refractivity (Wildman–Crippen MR) is 168 cm³/mol. The number of piperidine rings is 1. The first-order chi connectivity index (χ1) is 19.4. The van der Waals surface area contributed by atoms with Gasteiger partial charge < -0.3 is 10.6 Å². The Hall–Kier alpha value is -2.63. The smallest absolute Gasteiger partial charge is 0.256 e. The number of nitrogens with zero attached hydrogens (tertiary/aromatic N) is 2. The number of amides is 1. The minimum atomic E-state index is -3.60. The first-order valence-electron chi connectivity index (χ1n) is 14.1. The topological polar surface area (TPSA) is 91.4 Å². The molecule has 0 bridgehead atoms. The second-order valence-corrected chi connectivity index (χ2v) is 16.3. The molecule has 2 N–H and O–H groups in total. The highest BCUT2D eigenvalue weighted by Crippen LogP contribution is 2.50. The second-order valence-electron chi connectivity index (χ2n) is 12.4. The molecule has 0 radical (unpaired) electrons. The molecule has 0 saturated carbocycles. The Morgan fingerprint density at radius 3 is 2.49 bits per heavy atom. The Labute approximate surface area is 250 Å². The number of fused-ring (bicyclic) bond motifs is 2. The molecule has 10 heteroatoms. The van der Waals surface area contributed by atoms with Crippen molar-refractivity contribution in [3.63, 3.8) is 0 Å². The second kappa shape index (κ2) is 10.3. The van der Waals surface area contributed by atoms with Gasteiger partial charge in [0.15, 0.2) is 0 Å². The van der Waals surface area contributed by atoms with Gasteiger partial charge in [-0.3, -0.25) is 4.79 Å². The highest BCUT2D eigenvalue weighted by atomic mass is 32.2. The molecule has 6 rings (SSSR count). The van der Waals surface area contributed by atoms with Crippen LogP contribution in [0.5, 0.6) is 0 Å². The van der Waals surface area contributed by atoms with E-state index in [2.05, 4.69) is 44.4 Å². The number of sulfonamides is 1. The van der Waals surface area contributed by atoms with Gasteiger partial charge in [0.05, 0.1) is 15.1 Å². The molecule has 4 heterocycles. The van der Waals surface area contributed by atoms with Crippen LogP contribution in [0.25, 0.3) is 20.8 Å². The van der Waals surface area contributed by atoms with Gasteiger partial charge in [-0.05, 0) is 95.8 Å². The standard InChI is InChI=1S/C31H36N4O3S3/c1-19-10-8-9-17-35(19)41(37,38)21-15-13-20(14-16-21)27(36)33-29-25(28-32-23-11-6-7-12-24(23)39-28)22-18-30(2,3)34-31(4,5)26(22)40-29/h6-7,11-16,19,34H,8-10,17-18H2,1-5H3,(H,33,36). The van der Waals surface area contributed by atoms with Crippen molar-refractivity contribution < 1.29 is 13.2 Å². The lowest BCUT2D eigenvalue weighted by Gasteiger charge is -2.42. The number of para-hydroxylation sites is 1. The van der Waals surface area contributed by atoms with Crippen LogP contribution in [-0.4, -0.2) is 41.7 Å². The number of hydrogen-bond donors (Lipinski definition) is 2. The minimum Gasteiger partial charge on any atom is -0.313 e. The molecular formula is C31H36N4O3S3. The Morgan fingerprint density at radius 1 is 1.05 bits per heavy atom. The fourth-order valence-corrected chi connectivity index (χ4v) is 10.4. The van der Waals surface area contributed by atoms with Crippen LogP contribution < -0.4 is 10.6 Å². The molecular weight excluding hydrogens is 573 g/mol. The van der Waals surface area contributed by atoms with E-state index in [1.807, 2.05) is 25.1 Å². The number of carbonyl (C=O) groups excluding carboxylic acids is 1. The van der Waals surface area contributed by atoms with E-state index in [-0.39, 0.29) is 27.9 Å². The van der Waals surface area contributed by atoms with Crippen molar-refractivity contribution >= 4 is 53.8 Å². The summed E-state index contributed by atoms with van der Waals surface area (Å²) in [4.78, 5) is 20.0. The molecule has 0 aliphatic carbocycles. The molecule has 7 nitrogen and oxygen atoms in total. The number of aromatic nitrogens is 1. The number of thiophene rings is 1. The fourth-order valence-electron chi connectivity index (χ4n) is 6.34. The maximum Gasteiger partial charge on any atom is 0.256 e. The van der Waals surface area contributed by atoms with Crippen LogP contribution in [0.1, 0.15) is 74.7 Å². The van der Waals surface area contributed by atoms with Crippen molar-refractivity contribution in [1.29, 1.82) is 0 Å². The Morgan fingerprint density at radius 2 is 1.78 bits per heavy atom. The normalized spacial score (nSPS) is 20.6.